The Balaban J connectivity index is 1.55. The van der Waals surface area contributed by atoms with E-state index in [4.69, 9.17) is 16.4 Å². The Morgan fingerprint density at radius 2 is 1.68 bits per heavy atom. The molecular formula is C30H31ClN4O5. The monoisotopic (exact) mass is 562 g/mol. The molecule has 0 saturated heterocycles. The number of nitrogens with one attached hydrogen (secondary N) is 2. The Bertz CT molecular complexity index is 1460. The molecule has 0 saturated carbocycles. The van der Waals surface area contributed by atoms with E-state index < -0.39 is 11.6 Å². The molecular weight excluding hydrogens is 532 g/mol. The second kappa shape index (κ2) is 12.1. The molecule has 0 aliphatic carbocycles. The fraction of sp³-hybridized carbons (Fsp3) is 0.200. The highest BCUT2D eigenvalue weighted by Gasteiger charge is 2.22. The summed E-state index contributed by atoms with van der Waals surface area (Å²) in [5.74, 6) is -0.682. The SMILES string of the molecule is CC(C)(C)ON(C=O)Cc1cccc(NC(C(=O)Nc2ccc(-n3c(O)ccc3O)c(Cl)c2)c2ccccc2)c1. The maximum atomic E-state index is 13.5. The number of carbonyl (C=O) groups excluding carboxylic acids is 2. The molecule has 0 aliphatic rings. The van der Waals surface area contributed by atoms with Gasteiger partial charge in [0.05, 0.1) is 22.9 Å². The first-order chi connectivity index (χ1) is 19.0. The van der Waals surface area contributed by atoms with Crippen LogP contribution in [0.3, 0.4) is 0 Å². The van der Waals surface area contributed by atoms with Crippen LogP contribution >= 0.6 is 11.6 Å². The van der Waals surface area contributed by atoms with Crippen molar-refractivity contribution in [3.05, 3.63) is 101 Å². The molecule has 1 unspecified atom stereocenters. The van der Waals surface area contributed by atoms with Crippen molar-refractivity contribution in [1.29, 1.82) is 0 Å². The number of benzene rings is 3. The van der Waals surface area contributed by atoms with Gasteiger partial charge >= 0.3 is 0 Å². The van der Waals surface area contributed by atoms with Crippen LogP contribution in [-0.2, 0) is 21.0 Å². The molecule has 1 atom stereocenters. The molecule has 3 aromatic carbocycles. The zero-order valence-corrected chi connectivity index (χ0v) is 23.1. The van der Waals surface area contributed by atoms with E-state index in [1.165, 1.54) is 21.8 Å². The van der Waals surface area contributed by atoms with Crippen LogP contribution in [0.2, 0.25) is 5.02 Å². The van der Waals surface area contributed by atoms with Crippen LogP contribution in [0.25, 0.3) is 5.69 Å². The highest BCUT2D eigenvalue weighted by Crippen LogP contribution is 2.33. The van der Waals surface area contributed by atoms with Gasteiger partial charge in [0, 0.05) is 23.5 Å². The molecule has 9 nitrogen and oxygen atoms in total. The third kappa shape index (κ3) is 7.13. The average molecular weight is 563 g/mol. The Hall–Kier alpha value is -4.47. The molecule has 40 heavy (non-hydrogen) atoms. The number of anilines is 2. The van der Waals surface area contributed by atoms with E-state index in [1.54, 1.807) is 18.2 Å². The van der Waals surface area contributed by atoms with E-state index in [2.05, 4.69) is 10.6 Å². The summed E-state index contributed by atoms with van der Waals surface area (Å²) in [6.45, 7) is 5.81. The lowest BCUT2D eigenvalue weighted by molar-refractivity contribution is -0.220. The van der Waals surface area contributed by atoms with Gasteiger partial charge in [0.1, 0.15) is 6.04 Å². The number of nitrogens with zero attached hydrogens (tertiary/aromatic N) is 2. The quantitative estimate of drug-likeness (QED) is 0.139. The van der Waals surface area contributed by atoms with Gasteiger partial charge in [-0.05, 0) is 62.2 Å². The minimum absolute atomic E-state index is 0.173. The molecule has 0 spiro atoms. The Morgan fingerprint density at radius 3 is 2.30 bits per heavy atom. The van der Waals surface area contributed by atoms with Crippen molar-refractivity contribution in [3.8, 4) is 17.4 Å². The van der Waals surface area contributed by atoms with E-state index in [1.807, 2.05) is 75.4 Å². The largest absolute Gasteiger partial charge is 0.494 e. The van der Waals surface area contributed by atoms with Crippen molar-refractivity contribution in [2.45, 2.75) is 39.0 Å². The Morgan fingerprint density at radius 1 is 0.975 bits per heavy atom. The number of hydrogen-bond acceptors (Lipinski definition) is 6. The zero-order valence-electron chi connectivity index (χ0n) is 22.3. The fourth-order valence-corrected chi connectivity index (χ4v) is 4.40. The Labute approximate surface area is 237 Å². The molecule has 0 fully saturated rings. The zero-order chi connectivity index (χ0) is 28.9. The van der Waals surface area contributed by atoms with E-state index in [0.717, 1.165) is 11.1 Å². The van der Waals surface area contributed by atoms with Gasteiger partial charge in [-0.3, -0.25) is 19.0 Å². The summed E-state index contributed by atoms with van der Waals surface area (Å²) in [4.78, 5) is 30.8. The van der Waals surface area contributed by atoms with Crippen LogP contribution in [0.5, 0.6) is 11.8 Å². The lowest BCUT2D eigenvalue weighted by Crippen LogP contribution is -2.32. The van der Waals surface area contributed by atoms with E-state index in [-0.39, 0.29) is 29.2 Å². The van der Waals surface area contributed by atoms with Gasteiger partial charge in [-0.15, -0.1) is 0 Å². The lowest BCUT2D eigenvalue weighted by atomic mass is 10.0. The Kier molecular flexibility index (Phi) is 8.67. The first kappa shape index (κ1) is 28.5. The van der Waals surface area contributed by atoms with Gasteiger partial charge < -0.3 is 20.8 Å². The fourth-order valence-electron chi connectivity index (χ4n) is 4.14. The van der Waals surface area contributed by atoms with Crippen molar-refractivity contribution in [2.24, 2.45) is 0 Å². The highest BCUT2D eigenvalue weighted by molar-refractivity contribution is 6.32. The van der Waals surface area contributed by atoms with Gasteiger partial charge in [0.25, 0.3) is 5.91 Å². The molecule has 4 N–H and O–H groups in total. The van der Waals surface area contributed by atoms with Gasteiger partial charge in [-0.25, -0.2) is 5.06 Å². The predicted molar refractivity (Wildman–Crippen MR) is 154 cm³/mol. The summed E-state index contributed by atoms with van der Waals surface area (Å²) in [7, 11) is 0. The number of rotatable bonds is 10. The van der Waals surface area contributed by atoms with Crippen molar-refractivity contribution in [3.63, 3.8) is 0 Å². The van der Waals surface area contributed by atoms with Crippen LogP contribution in [0.1, 0.15) is 37.9 Å². The molecule has 208 valence electrons. The lowest BCUT2D eigenvalue weighted by Gasteiger charge is -2.27. The topological polar surface area (TPSA) is 116 Å². The standard InChI is InChI=1S/C30H31ClN4O5/c1-30(2,3)40-34(19-36)18-20-8-7-11-22(16-20)32-28(21-9-5-4-6-10-21)29(39)33-23-12-13-25(24(31)17-23)35-26(37)14-15-27(35)38/h4-17,19,28,32,37-38H,18H2,1-3H3,(H,33,39). The van der Waals surface area contributed by atoms with Crippen LogP contribution in [0.4, 0.5) is 11.4 Å². The number of amides is 2. The van der Waals surface area contributed by atoms with Crippen LogP contribution < -0.4 is 10.6 Å². The predicted octanol–water partition coefficient (Wildman–Crippen LogP) is 6.02. The summed E-state index contributed by atoms with van der Waals surface area (Å²) in [6.07, 6.45) is 0.640. The molecule has 0 aliphatic heterocycles. The number of carbonyl (C=O) groups is 2. The minimum atomic E-state index is -0.763. The number of hydroxylamine groups is 2. The summed E-state index contributed by atoms with van der Waals surface area (Å²) in [6, 6.07) is 23.3. The molecule has 1 aromatic heterocycles. The van der Waals surface area contributed by atoms with Gasteiger partial charge in [-0.2, -0.15) is 0 Å². The minimum Gasteiger partial charge on any atom is -0.494 e. The van der Waals surface area contributed by atoms with Crippen molar-refractivity contribution >= 4 is 35.3 Å². The maximum Gasteiger partial charge on any atom is 0.251 e. The maximum absolute atomic E-state index is 13.5. The molecule has 0 bridgehead atoms. The molecule has 10 heteroatoms. The number of hydrogen-bond donors (Lipinski definition) is 4. The van der Waals surface area contributed by atoms with Gasteiger partial charge in [0.15, 0.2) is 11.8 Å². The number of aromatic nitrogens is 1. The first-order valence-corrected chi connectivity index (χ1v) is 12.9. The number of halogens is 1. The van der Waals surface area contributed by atoms with E-state index in [0.29, 0.717) is 23.5 Å². The summed E-state index contributed by atoms with van der Waals surface area (Å²) < 4.78 is 1.19. The summed E-state index contributed by atoms with van der Waals surface area (Å²) >= 11 is 6.44. The van der Waals surface area contributed by atoms with Crippen molar-refractivity contribution in [1.82, 2.24) is 9.63 Å². The second-order valence-electron chi connectivity index (χ2n) is 10.1. The van der Waals surface area contributed by atoms with Gasteiger partial charge in [0.2, 0.25) is 6.41 Å². The third-order valence-corrected chi connectivity index (χ3v) is 6.08. The van der Waals surface area contributed by atoms with Gasteiger partial charge in [-0.1, -0.05) is 54.1 Å². The molecule has 4 aromatic rings. The smallest absolute Gasteiger partial charge is 0.251 e. The van der Waals surface area contributed by atoms with Crippen LogP contribution in [0.15, 0.2) is 84.9 Å². The first-order valence-electron chi connectivity index (χ1n) is 12.6. The van der Waals surface area contributed by atoms with Crippen LogP contribution in [0, 0.1) is 0 Å². The normalized spacial score (nSPS) is 12.0. The summed E-state index contributed by atoms with van der Waals surface area (Å²) in [5, 5.41) is 27.7. The van der Waals surface area contributed by atoms with E-state index in [9.17, 15) is 19.8 Å². The molecule has 1 heterocycles. The van der Waals surface area contributed by atoms with E-state index >= 15 is 0 Å². The third-order valence-electron chi connectivity index (χ3n) is 5.78. The molecule has 0 radical (unpaired) electrons. The molecule has 2 amide bonds. The molecule has 4 rings (SSSR count). The average Bonchev–Trinajstić information content (AvgIpc) is 3.24. The van der Waals surface area contributed by atoms with Crippen molar-refractivity contribution < 1.29 is 24.6 Å². The van der Waals surface area contributed by atoms with Crippen LogP contribution in [-0.4, -0.2) is 37.8 Å². The van der Waals surface area contributed by atoms with Crippen molar-refractivity contribution in [2.75, 3.05) is 10.6 Å². The number of aromatic hydroxyl groups is 2. The highest BCUT2D eigenvalue weighted by atomic mass is 35.5. The summed E-state index contributed by atoms with van der Waals surface area (Å²) in [5.41, 5.74) is 2.48. The second-order valence-corrected chi connectivity index (χ2v) is 10.5.